The highest BCUT2D eigenvalue weighted by molar-refractivity contribution is 6.11. The van der Waals surface area contributed by atoms with E-state index >= 15 is 0 Å². The fourth-order valence-electron chi connectivity index (χ4n) is 3.31. The van der Waals surface area contributed by atoms with Crippen molar-refractivity contribution in [1.29, 1.82) is 0 Å². The fraction of sp³-hybridized carbons (Fsp3) is 0.143. The number of aryl methyl sites for hydroxylation is 2. The number of hydrogen-bond acceptors (Lipinski definition) is 3. The van der Waals surface area contributed by atoms with Gasteiger partial charge < -0.3 is 5.32 Å². The lowest BCUT2D eigenvalue weighted by atomic mass is 10.1. The van der Waals surface area contributed by atoms with Gasteiger partial charge in [-0.1, -0.05) is 42.0 Å². The minimum Gasteiger partial charge on any atom is -0.361 e. The fourth-order valence-corrected chi connectivity index (χ4v) is 3.31. The minimum absolute atomic E-state index is 0.0310. The van der Waals surface area contributed by atoms with Crippen LogP contribution in [-0.4, -0.2) is 10.9 Å². The van der Waals surface area contributed by atoms with E-state index in [0.29, 0.717) is 5.82 Å². The lowest BCUT2D eigenvalue weighted by molar-refractivity contribution is 0.0992. The summed E-state index contributed by atoms with van der Waals surface area (Å²) in [5.74, 6) is 0.613. The number of benzene rings is 2. The molecule has 1 amide bonds. The van der Waals surface area contributed by atoms with Gasteiger partial charge >= 0.3 is 0 Å². The molecule has 1 aromatic heterocycles. The zero-order valence-electron chi connectivity index (χ0n) is 14.2. The summed E-state index contributed by atoms with van der Waals surface area (Å²) >= 11 is 0. The van der Waals surface area contributed by atoms with Crippen LogP contribution in [0, 0.1) is 13.8 Å². The summed E-state index contributed by atoms with van der Waals surface area (Å²) in [4.78, 5) is 19.1. The van der Waals surface area contributed by atoms with E-state index in [-0.39, 0.29) is 12.1 Å². The van der Waals surface area contributed by atoms with Gasteiger partial charge in [0.25, 0.3) is 5.91 Å². The first-order valence-corrected chi connectivity index (χ1v) is 8.32. The first kappa shape index (κ1) is 15.4. The number of aromatic nitrogens is 1. The summed E-state index contributed by atoms with van der Waals surface area (Å²) in [5, 5.41) is 3.54. The predicted octanol–water partition coefficient (Wildman–Crippen LogP) is 4.47. The van der Waals surface area contributed by atoms with E-state index in [9.17, 15) is 4.79 Å². The first-order valence-electron chi connectivity index (χ1n) is 8.32. The Hall–Kier alpha value is -3.14. The van der Waals surface area contributed by atoms with Crippen LogP contribution in [0.25, 0.3) is 0 Å². The molecule has 0 saturated heterocycles. The Morgan fingerprint density at radius 1 is 1.00 bits per heavy atom. The highest BCUT2D eigenvalue weighted by Crippen LogP contribution is 2.37. The number of carbonyl (C=O) groups excluding carboxylic acids is 1. The molecular formula is C21H19N3O. The second-order valence-corrected chi connectivity index (χ2v) is 6.32. The highest BCUT2D eigenvalue weighted by atomic mass is 16.2. The Bertz CT molecular complexity index is 937. The Morgan fingerprint density at radius 3 is 2.56 bits per heavy atom. The largest absolute Gasteiger partial charge is 0.361 e. The maximum atomic E-state index is 13.0. The van der Waals surface area contributed by atoms with E-state index in [1.165, 1.54) is 5.56 Å². The van der Waals surface area contributed by atoms with Crippen molar-refractivity contribution in [2.75, 3.05) is 10.2 Å². The van der Waals surface area contributed by atoms with E-state index in [1.807, 2.05) is 42.5 Å². The average Bonchev–Trinajstić information content (AvgIpc) is 2.91. The van der Waals surface area contributed by atoms with Gasteiger partial charge in [0.1, 0.15) is 12.0 Å². The molecule has 4 rings (SSSR count). The van der Waals surface area contributed by atoms with Gasteiger partial charge in [-0.05, 0) is 43.7 Å². The van der Waals surface area contributed by atoms with Crippen molar-refractivity contribution in [3.63, 3.8) is 0 Å². The molecule has 4 nitrogen and oxygen atoms in total. The molecule has 0 saturated carbocycles. The standard InChI is InChI=1S/C21H19N3O/c1-14-10-11-18(15(2)13-14)23-20-16-7-3-4-8-17(16)21(25)24(20)19-9-5-6-12-22-19/h3-13,20,23H,1-2H3/t20-/m1/s1. The lowest BCUT2D eigenvalue weighted by Gasteiger charge is -2.27. The SMILES string of the molecule is Cc1ccc(N[C@H]2c3ccccc3C(=O)N2c2ccccn2)c(C)c1. The molecule has 2 aromatic carbocycles. The number of nitrogens with zero attached hydrogens (tertiary/aromatic N) is 2. The molecule has 0 unspecified atom stereocenters. The van der Waals surface area contributed by atoms with Crippen molar-refractivity contribution in [1.82, 2.24) is 4.98 Å². The van der Waals surface area contributed by atoms with Gasteiger partial charge in [-0.2, -0.15) is 0 Å². The van der Waals surface area contributed by atoms with Gasteiger partial charge in [0.05, 0.1) is 0 Å². The van der Waals surface area contributed by atoms with E-state index in [2.05, 4.69) is 42.3 Å². The molecule has 1 N–H and O–H groups in total. The molecule has 124 valence electrons. The number of nitrogens with one attached hydrogen (secondary N) is 1. The quantitative estimate of drug-likeness (QED) is 0.771. The van der Waals surface area contributed by atoms with Gasteiger partial charge in [-0.3, -0.25) is 9.69 Å². The Morgan fingerprint density at radius 2 is 1.80 bits per heavy atom. The van der Waals surface area contributed by atoms with E-state index in [0.717, 1.165) is 22.4 Å². The van der Waals surface area contributed by atoms with Crippen molar-refractivity contribution < 1.29 is 4.79 Å². The molecule has 1 aliphatic rings. The molecule has 4 heteroatoms. The number of hydrogen-bond donors (Lipinski definition) is 1. The van der Waals surface area contributed by atoms with E-state index in [4.69, 9.17) is 0 Å². The number of pyridine rings is 1. The number of rotatable bonds is 3. The van der Waals surface area contributed by atoms with Gasteiger partial charge in [0, 0.05) is 23.0 Å². The Labute approximate surface area is 147 Å². The number of amides is 1. The summed E-state index contributed by atoms with van der Waals surface area (Å²) in [6.07, 6.45) is 1.43. The zero-order valence-corrected chi connectivity index (χ0v) is 14.2. The zero-order chi connectivity index (χ0) is 17.4. The van der Waals surface area contributed by atoms with Crippen LogP contribution in [0.15, 0.2) is 66.9 Å². The van der Waals surface area contributed by atoms with Crippen molar-refractivity contribution in [3.05, 3.63) is 89.1 Å². The third kappa shape index (κ3) is 2.66. The van der Waals surface area contributed by atoms with Crippen molar-refractivity contribution >= 4 is 17.4 Å². The monoisotopic (exact) mass is 329 g/mol. The molecule has 0 aliphatic carbocycles. The van der Waals surface area contributed by atoms with Gasteiger partial charge in [-0.15, -0.1) is 0 Å². The summed E-state index contributed by atoms with van der Waals surface area (Å²) in [5.41, 5.74) is 5.07. The van der Waals surface area contributed by atoms with Crippen molar-refractivity contribution in [2.24, 2.45) is 0 Å². The molecule has 25 heavy (non-hydrogen) atoms. The number of fused-ring (bicyclic) bond motifs is 1. The minimum atomic E-state index is -0.278. The van der Waals surface area contributed by atoms with E-state index in [1.54, 1.807) is 11.1 Å². The van der Waals surface area contributed by atoms with Crippen molar-refractivity contribution in [2.45, 2.75) is 20.0 Å². The second kappa shape index (κ2) is 6.06. The van der Waals surface area contributed by atoms with Crippen LogP contribution in [0.1, 0.15) is 33.2 Å². The smallest absolute Gasteiger partial charge is 0.261 e. The molecule has 1 atom stereocenters. The van der Waals surface area contributed by atoms with Crippen LogP contribution < -0.4 is 10.2 Å². The molecule has 0 spiro atoms. The van der Waals surface area contributed by atoms with Crippen molar-refractivity contribution in [3.8, 4) is 0 Å². The topological polar surface area (TPSA) is 45.2 Å². The summed E-state index contributed by atoms with van der Waals surface area (Å²) in [6, 6.07) is 19.6. The maximum absolute atomic E-state index is 13.0. The highest BCUT2D eigenvalue weighted by Gasteiger charge is 2.38. The lowest BCUT2D eigenvalue weighted by Crippen LogP contribution is -2.33. The van der Waals surface area contributed by atoms with E-state index < -0.39 is 0 Å². The predicted molar refractivity (Wildman–Crippen MR) is 99.8 cm³/mol. The molecule has 0 radical (unpaired) electrons. The van der Waals surface area contributed by atoms with Crippen LogP contribution in [0.5, 0.6) is 0 Å². The molecule has 0 fully saturated rings. The summed E-state index contributed by atoms with van der Waals surface area (Å²) < 4.78 is 0. The van der Waals surface area contributed by atoms with Crippen LogP contribution in [0.4, 0.5) is 11.5 Å². The Kier molecular flexibility index (Phi) is 3.73. The molecule has 0 bridgehead atoms. The number of carbonyl (C=O) groups is 1. The third-order valence-corrected chi connectivity index (χ3v) is 4.53. The molecule has 1 aliphatic heterocycles. The summed E-state index contributed by atoms with van der Waals surface area (Å²) in [6.45, 7) is 4.15. The van der Waals surface area contributed by atoms with Crippen LogP contribution in [0.3, 0.4) is 0 Å². The molecule has 2 heterocycles. The average molecular weight is 329 g/mol. The van der Waals surface area contributed by atoms with Crippen LogP contribution >= 0.6 is 0 Å². The third-order valence-electron chi connectivity index (χ3n) is 4.53. The van der Waals surface area contributed by atoms with Gasteiger partial charge in [0.15, 0.2) is 0 Å². The molecular weight excluding hydrogens is 310 g/mol. The van der Waals surface area contributed by atoms with Crippen LogP contribution in [0.2, 0.25) is 0 Å². The van der Waals surface area contributed by atoms with Gasteiger partial charge in [-0.25, -0.2) is 4.98 Å². The normalized spacial score (nSPS) is 16.0. The van der Waals surface area contributed by atoms with Crippen LogP contribution in [-0.2, 0) is 0 Å². The first-order chi connectivity index (χ1) is 12.1. The molecule has 3 aromatic rings. The maximum Gasteiger partial charge on any atom is 0.261 e. The second-order valence-electron chi connectivity index (χ2n) is 6.32. The number of anilines is 2. The Balaban J connectivity index is 1.80. The summed E-state index contributed by atoms with van der Waals surface area (Å²) in [7, 11) is 0. The van der Waals surface area contributed by atoms with Gasteiger partial charge in [0.2, 0.25) is 0 Å².